The smallest absolute Gasteiger partial charge is 0.343 e. The summed E-state index contributed by atoms with van der Waals surface area (Å²) in [5.74, 6) is 0.995. The molecule has 0 spiro atoms. The Morgan fingerprint density at radius 3 is 2.50 bits per heavy atom. The molecule has 24 heavy (non-hydrogen) atoms. The largest absolute Gasteiger partial charge is 0.497 e. The van der Waals surface area contributed by atoms with Gasteiger partial charge in [-0.2, -0.15) is 0 Å². The number of rotatable bonds is 3. The monoisotopic (exact) mass is 328 g/mol. The number of carbonyl (C=O) groups is 1. The molecule has 0 aliphatic heterocycles. The van der Waals surface area contributed by atoms with Crippen molar-refractivity contribution in [3.63, 3.8) is 0 Å². The van der Waals surface area contributed by atoms with Gasteiger partial charge in [0.05, 0.1) is 12.7 Å². The van der Waals surface area contributed by atoms with E-state index in [0.717, 1.165) is 5.39 Å². The molecule has 124 valence electrons. The average molecular weight is 328 g/mol. The minimum absolute atomic E-state index is 0.201. The Bertz CT molecular complexity index is 993. The van der Waals surface area contributed by atoms with E-state index in [9.17, 15) is 9.59 Å². The molecule has 3 rings (SSSR count). The first kappa shape index (κ1) is 15.9. The van der Waals surface area contributed by atoms with Gasteiger partial charge < -0.3 is 18.3 Å². The van der Waals surface area contributed by atoms with Crippen molar-refractivity contribution in [2.45, 2.75) is 20.8 Å². The van der Waals surface area contributed by atoms with Gasteiger partial charge in [-0.3, -0.25) is 4.79 Å². The van der Waals surface area contributed by atoms with Gasteiger partial charge in [0, 0.05) is 17.9 Å². The lowest BCUT2D eigenvalue weighted by Gasteiger charge is -2.10. The Hall–Kier alpha value is -3.02. The lowest BCUT2D eigenvalue weighted by Crippen LogP contribution is -2.12. The zero-order chi connectivity index (χ0) is 17.4. The van der Waals surface area contributed by atoms with Crippen LogP contribution in [0.3, 0.4) is 0 Å². The fraction of sp³-hybridized carbons (Fsp3) is 0.222. The first-order valence-electron chi connectivity index (χ1n) is 7.31. The summed E-state index contributed by atoms with van der Waals surface area (Å²) in [6.07, 6.45) is 0. The predicted molar refractivity (Wildman–Crippen MR) is 87.5 cm³/mol. The molecule has 6 nitrogen and oxygen atoms in total. The average Bonchev–Trinajstić information content (AvgIpc) is 2.97. The molecule has 0 radical (unpaired) electrons. The fourth-order valence-electron chi connectivity index (χ4n) is 2.52. The molecule has 1 aromatic carbocycles. The van der Waals surface area contributed by atoms with E-state index in [2.05, 4.69) is 0 Å². The fourth-order valence-corrected chi connectivity index (χ4v) is 2.52. The molecule has 0 fully saturated rings. The maximum atomic E-state index is 12.1. The Morgan fingerprint density at radius 2 is 1.83 bits per heavy atom. The summed E-state index contributed by atoms with van der Waals surface area (Å²) in [4.78, 5) is 23.4. The Morgan fingerprint density at radius 1 is 1.08 bits per heavy atom. The highest BCUT2D eigenvalue weighted by atomic mass is 16.5. The highest BCUT2D eigenvalue weighted by molar-refractivity contribution is 5.84. The van der Waals surface area contributed by atoms with Gasteiger partial charge in [0.15, 0.2) is 11.5 Å². The van der Waals surface area contributed by atoms with Crippen LogP contribution < -0.4 is 15.1 Å². The van der Waals surface area contributed by atoms with E-state index >= 15 is 0 Å². The molecule has 6 heteroatoms. The van der Waals surface area contributed by atoms with E-state index in [1.165, 1.54) is 6.92 Å². The summed E-state index contributed by atoms with van der Waals surface area (Å²) in [5.41, 5.74) is 0.810. The minimum Gasteiger partial charge on any atom is -0.497 e. The van der Waals surface area contributed by atoms with Gasteiger partial charge >= 0.3 is 11.6 Å². The zero-order valence-corrected chi connectivity index (χ0v) is 13.8. The van der Waals surface area contributed by atoms with Crippen LogP contribution in [0, 0.1) is 13.8 Å². The number of hydrogen-bond donors (Lipinski definition) is 0. The number of benzene rings is 1. The number of carbonyl (C=O) groups excluding carboxylic acids is 1. The molecule has 0 N–H and O–H groups in total. The summed E-state index contributed by atoms with van der Waals surface area (Å²) in [7, 11) is 1.58. The molecule has 0 aliphatic rings. The third-order valence-corrected chi connectivity index (χ3v) is 3.72. The van der Waals surface area contributed by atoms with Crippen molar-refractivity contribution >= 4 is 16.9 Å². The van der Waals surface area contributed by atoms with Gasteiger partial charge in [0.2, 0.25) is 0 Å². The lowest BCUT2D eigenvalue weighted by atomic mass is 10.1. The van der Waals surface area contributed by atoms with E-state index in [1.54, 1.807) is 39.2 Å². The van der Waals surface area contributed by atoms with Crippen LogP contribution in [0.2, 0.25) is 0 Å². The van der Waals surface area contributed by atoms with E-state index in [-0.39, 0.29) is 17.1 Å². The second kappa shape index (κ2) is 5.88. The van der Waals surface area contributed by atoms with E-state index in [0.29, 0.717) is 22.7 Å². The zero-order valence-electron chi connectivity index (χ0n) is 13.8. The van der Waals surface area contributed by atoms with Crippen molar-refractivity contribution in [1.29, 1.82) is 0 Å². The standard InChI is InChI=1S/C18H16O6/c1-9-16(22-11(3)19)10(2)18(20)24-17(9)15-8-12-7-13(21-4)5-6-14(12)23-15/h5-8H,1-4H3. The van der Waals surface area contributed by atoms with Crippen LogP contribution in [-0.2, 0) is 4.79 Å². The second-order valence-corrected chi connectivity index (χ2v) is 5.41. The summed E-state index contributed by atoms with van der Waals surface area (Å²) < 4.78 is 21.5. The van der Waals surface area contributed by atoms with Crippen LogP contribution in [-0.4, -0.2) is 13.1 Å². The van der Waals surface area contributed by atoms with Crippen molar-refractivity contribution in [3.05, 3.63) is 45.8 Å². The molecular formula is C18H16O6. The number of furan rings is 1. The van der Waals surface area contributed by atoms with Crippen LogP contribution in [0.25, 0.3) is 22.5 Å². The van der Waals surface area contributed by atoms with Crippen LogP contribution in [0.4, 0.5) is 0 Å². The van der Waals surface area contributed by atoms with Gasteiger partial charge in [-0.05, 0) is 38.1 Å². The quantitative estimate of drug-likeness (QED) is 0.684. The maximum Gasteiger partial charge on any atom is 0.343 e. The minimum atomic E-state index is -0.579. The van der Waals surface area contributed by atoms with E-state index in [4.69, 9.17) is 18.3 Å². The number of ether oxygens (including phenoxy) is 2. The highest BCUT2D eigenvalue weighted by Gasteiger charge is 2.20. The first-order valence-corrected chi connectivity index (χ1v) is 7.31. The SMILES string of the molecule is COc1ccc2oc(-c3oc(=O)c(C)c(OC(C)=O)c3C)cc2c1. The molecule has 0 atom stereocenters. The second-order valence-electron chi connectivity index (χ2n) is 5.41. The molecule has 0 aliphatic carbocycles. The number of hydrogen-bond acceptors (Lipinski definition) is 6. The molecule has 0 unspecified atom stereocenters. The molecule has 2 aromatic heterocycles. The van der Waals surface area contributed by atoms with Gasteiger partial charge in [0.25, 0.3) is 0 Å². The topological polar surface area (TPSA) is 78.9 Å². The summed E-state index contributed by atoms with van der Waals surface area (Å²) in [5, 5.41) is 0.806. The molecular weight excluding hydrogens is 312 g/mol. The molecule has 0 bridgehead atoms. The first-order chi connectivity index (χ1) is 11.4. The number of methoxy groups -OCH3 is 1. The number of esters is 1. The third kappa shape index (κ3) is 2.67. The molecule has 2 heterocycles. The van der Waals surface area contributed by atoms with Crippen LogP contribution in [0.15, 0.2) is 37.9 Å². The van der Waals surface area contributed by atoms with Gasteiger partial charge in [-0.1, -0.05) is 0 Å². The van der Waals surface area contributed by atoms with Gasteiger partial charge in [0.1, 0.15) is 17.1 Å². The van der Waals surface area contributed by atoms with Crippen molar-refractivity contribution in [2.24, 2.45) is 0 Å². The highest BCUT2D eigenvalue weighted by Crippen LogP contribution is 2.35. The van der Waals surface area contributed by atoms with E-state index < -0.39 is 11.6 Å². The maximum absolute atomic E-state index is 12.1. The summed E-state index contributed by atoms with van der Waals surface area (Å²) in [6.45, 7) is 4.53. The van der Waals surface area contributed by atoms with Crippen molar-refractivity contribution in [3.8, 4) is 23.0 Å². The molecule has 0 amide bonds. The Labute approximate surface area is 137 Å². The van der Waals surface area contributed by atoms with E-state index in [1.807, 2.05) is 6.07 Å². The third-order valence-electron chi connectivity index (χ3n) is 3.72. The lowest BCUT2D eigenvalue weighted by molar-refractivity contribution is -0.132. The van der Waals surface area contributed by atoms with Gasteiger partial charge in [-0.25, -0.2) is 4.79 Å². The Balaban J connectivity index is 2.20. The van der Waals surface area contributed by atoms with Crippen molar-refractivity contribution in [1.82, 2.24) is 0 Å². The van der Waals surface area contributed by atoms with Crippen molar-refractivity contribution < 1.29 is 23.1 Å². The summed E-state index contributed by atoms with van der Waals surface area (Å²) in [6, 6.07) is 7.11. The van der Waals surface area contributed by atoms with Crippen molar-refractivity contribution in [2.75, 3.05) is 7.11 Å². The molecule has 0 saturated carbocycles. The normalized spacial score (nSPS) is 10.8. The van der Waals surface area contributed by atoms with Gasteiger partial charge in [-0.15, -0.1) is 0 Å². The Kier molecular flexibility index (Phi) is 3.89. The molecule has 3 aromatic rings. The van der Waals surface area contributed by atoms with Crippen LogP contribution in [0.1, 0.15) is 18.1 Å². The summed E-state index contributed by atoms with van der Waals surface area (Å²) >= 11 is 0. The predicted octanol–water partition coefficient (Wildman–Crippen LogP) is 3.60. The van der Waals surface area contributed by atoms with Crippen LogP contribution in [0.5, 0.6) is 11.5 Å². The van der Waals surface area contributed by atoms with Crippen LogP contribution >= 0.6 is 0 Å². The molecule has 0 saturated heterocycles. The number of fused-ring (bicyclic) bond motifs is 1.